The van der Waals surface area contributed by atoms with Crippen molar-refractivity contribution >= 4 is 23.5 Å². The van der Waals surface area contributed by atoms with Gasteiger partial charge in [-0.3, -0.25) is 4.79 Å². The number of carboxylic acid groups (broad SMARTS) is 1. The maximum Gasteiger partial charge on any atom is 1.00 e. The molecule has 1 atom stereocenters. The number of aromatic hydroxyl groups is 1. The average molecular weight is 497 g/mol. The molecule has 0 bridgehead atoms. The molecule has 0 amide bonds. The zero-order valence-electron chi connectivity index (χ0n) is 20.7. The molecule has 6 nitrogen and oxygen atoms in total. The molecule has 8 heteroatoms. The molecule has 0 heterocycles. The second-order valence-electron chi connectivity index (χ2n) is 8.81. The third-order valence-corrected chi connectivity index (χ3v) is 6.53. The van der Waals surface area contributed by atoms with Crippen LogP contribution in [0.25, 0.3) is 0 Å². The van der Waals surface area contributed by atoms with E-state index in [4.69, 9.17) is 4.74 Å². The Hall–Kier alpha value is -1.51. The maximum atomic E-state index is 11.7. The van der Waals surface area contributed by atoms with E-state index in [2.05, 4.69) is 0 Å². The summed E-state index contributed by atoms with van der Waals surface area (Å²) >= 11 is 1.62. The summed E-state index contributed by atoms with van der Waals surface area (Å²) in [4.78, 5) is 23.6. The number of phenols is 1. The Labute approximate surface area is 228 Å². The van der Waals surface area contributed by atoms with Gasteiger partial charge in [-0.25, -0.2) is 0 Å². The zero-order valence-corrected chi connectivity index (χ0v) is 23.5. The van der Waals surface area contributed by atoms with E-state index in [1.165, 1.54) is 6.92 Å². The number of hydrogen-bond donors (Lipinski definition) is 2. The van der Waals surface area contributed by atoms with Crippen molar-refractivity contribution in [3.8, 4) is 11.5 Å². The van der Waals surface area contributed by atoms with Crippen LogP contribution in [0.3, 0.4) is 0 Å². The third kappa shape index (κ3) is 8.61. The van der Waals surface area contributed by atoms with Gasteiger partial charge in [0.05, 0.1) is 18.3 Å². The number of benzene rings is 2. The van der Waals surface area contributed by atoms with Crippen LogP contribution in [0.4, 0.5) is 0 Å². The number of carbonyl (C=O) groups is 2. The fraction of sp³-hybridized carbons (Fsp3) is 0.462. The molecule has 0 saturated carbocycles. The van der Waals surface area contributed by atoms with Crippen molar-refractivity contribution in [2.75, 3.05) is 12.4 Å². The second kappa shape index (κ2) is 14.1. The van der Waals surface area contributed by atoms with Crippen LogP contribution < -0.4 is 39.4 Å². The number of carboxylic acids is 1. The summed E-state index contributed by atoms with van der Waals surface area (Å²) in [6.45, 7) is 7.31. The van der Waals surface area contributed by atoms with Gasteiger partial charge in [0.15, 0.2) is 5.78 Å². The molecule has 1 unspecified atom stereocenters. The number of Topliss-reactive ketones (excluding diaryl/α,β-unsaturated/α-hetero) is 1. The second-order valence-corrected chi connectivity index (χ2v) is 9.98. The molecule has 0 aliphatic carbocycles. The number of ether oxygens (including phenoxy) is 1. The quantitative estimate of drug-likeness (QED) is 0.186. The minimum absolute atomic E-state index is 0. The molecule has 0 fully saturated rings. The van der Waals surface area contributed by atoms with Crippen molar-refractivity contribution < 1.29 is 59.2 Å². The molecular weight excluding hydrogens is 463 g/mol. The van der Waals surface area contributed by atoms with Gasteiger partial charge in [0.1, 0.15) is 11.5 Å². The van der Waals surface area contributed by atoms with E-state index in [0.717, 1.165) is 23.5 Å². The van der Waals surface area contributed by atoms with Gasteiger partial charge < -0.3 is 24.9 Å². The van der Waals surface area contributed by atoms with Crippen LogP contribution in [0.5, 0.6) is 11.5 Å². The van der Waals surface area contributed by atoms with Crippen molar-refractivity contribution in [2.45, 2.75) is 64.4 Å². The Bertz CT molecular complexity index is 976. The summed E-state index contributed by atoms with van der Waals surface area (Å²) < 4.78 is 5.90. The van der Waals surface area contributed by atoms with E-state index in [-0.39, 0.29) is 47.5 Å². The van der Waals surface area contributed by atoms with Gasteiger partial charge in [-0.15, -0.1) is 11.8 Å². The van der Waals surface area contributed by atoms with Gasteiger partial charge in [-0.1, -0.05) is 39.3 Å². The van der Waals surface area contributed by atoms with Gasteiger partial charge in [0, 0.05) is 27.6 Å². The summed E-state index contributed by atoms with van der Waals surface area (Å²) in [6.07, 6.45) is 1.06. The molecule has 0 spiro atoms. The number of carbonyl (C=O) groups excluding carboxylic acids is 2. The minimum atomic E-state index is -1.18. The van der Waals surface area contributed by atoms with Crippen molar-refractivity contribution in [3.05, 3.63) is 53.1 Å². The number of phenolic OH excluding ortho intramolecular Hbond substituents is 1. The Kier molecular flexibility index (Phi) is 12.7. The van der Waals surface area contributed by atoms with E-state index in [1.54, 1.807) is 43.8 Å². The molecule has 0 aliphatic heterocycles. The number of aliphatic carboxylic acids is 1. The number of aliphatic hydroxyl groups excluding tert-OH is 1. The van der Waals surface area contributed by atoms with Crippen molar-refractivity contribution in [1.29, 1.82) is 0 Å². The number of ketones is 1. The van der Waals surface area contributed by atoms with E-state index < -0.39 is 17.5 Å². The first-order chi connectivity index (χ1) is 15.6. The molecule has 34 heavy (non-hydrogen) atoms. The minimum Gasteiger partial charge on any atom is -0.550 e. The third-order valence-electron chi connectivity index (χ3n) is 5.45. The first-order valence-electron chi connectivity index (χ1n) is 11.2. The van der Waals surface area contributed by atoms with Crippen molar-refractivity contribution in [3.63, 3.8) is 0 Å². The Morgan fingerprint density at radius 2 is 1.91 bits per heavy atom. The zero-order chi connectivity index (χ0) is 24.6. The molecule has 0 aromatic heterocycles. The van der Waals surface area contributed by atoms with Gasteiger partial charge in [-0.05, 0) is 56.0 Å². The van der Waals surface area contributed by atoms with Crippen LogP contribution in [0.1, 0.15) is 74.5 Å². The van der Waals surface area contributed by atoms with E-state index in [9.17, 15) is 24.9 Å². The molecule has 0 saturated heterocycles. The predicted octanol–water partition coefficient (Wildman–Crippen LogP) is 1.31. The Balaban J connectivity index is 0.00000578. The smallest absolute Gasteiger partial charge is 0.550 e. The fourth-order valence-electron chi connectivity index (χ4n) is 3.65. The summed E-state index contributed by atoms with van der Waals surface area (Å²) in [7, 11) is 0. The topological polar surface area (TPSA) is 107 Å². The predicted molar refractivity (Wildman–Crippen MR) is 128 cm³/mol. The first-order valence-corrected chi connectivity index (χ1v) is 12.1. The number of hydrogen-bond acceptors (Lipinski definition) is 7. The van der Waals surface area contributed by atoms with E-state index in [0.29, 0.717) is 35.5 Å². The summed E-state index contributed by atoms with van der Waals surface area (Å²) in [5, 5.41) is 32.1. The van der Waals surface area contributed by atoms with Gasteiger partial charge in [0.2, 0.25) is 0 Å². The van der Waals surface area contributed by atoms with Gasteiger partial charge in [0.25, 0.3) is 0 Å². The molecule has 0 radical (unpaired) electrons. The fourth-order valence-corrected chi connectivity index (χ4v) is 4.55. The van der Waals surface area contributed by atoms with Gasteiger partial charge in [-0.2, -0.15) is 0 Å². The SMILES string of the molecule is CCCc1c(OCCCSc2cccc(C(O)C(C)(C)CC(=O)[O-])c2)ccc(C(C)=O)c1O.[Na+]. The molecule has 2 aromatic rings. The van der Waals surface area contributed by atoms with Crippen LogP contribution in [0.15, 0.2) is 41.3 Å². The average Bonchev–Trinajstić information content (AvgIpc) is 2.74. The summed E-state index contributed by atoms with van der Waals surface area (Å²) in [6, 6.07) is 10.8. The van der Waals surface area contributed by atoms with Crippen LogP contribution in [0, 0.1) is 5.41 Å². The van der Waals surface area contributed by atoms with Gasteiger partial charge >= 0.3 is 29.6 Å². The monoisotopic (exact) mass is 496 g/mol. The molecule has 2 aromatic carbocycles. The number of rotatable bonds is 13. The molecule has 2 N–H and O–H groups in total. The molecule has 180 valence electrons. The summed E-state index contributed by atoms with van der Waals surface area (Å²) in [5.74, 6) is 0.0275. The van der Waals surface area contributed by atoms with E-state index >= 15 is 0 Å². The van der Waals surface area contributed by atoms with E-state index in [1.807, 2.05) is 25.1 Å². The van der Waals surface area contributed by atoms with Crippen LogP contribution in [-0.2, 0) is 11.2 Å². The standard InChI is InChI=1S/C26H34O6S.Na/c1-5-8-21-22(12-11-20(17(2)27)24(21)30)32-13-7-14-33-19-10-6-9-18(15-19)25(31)26(3,4)16-23(28)29;/h6,9-12,15,25,30-31H,5,7-8,13-14,16H2,1-4H3,(H,28,29);/q;+1/p-1. The Morgan fingerprint density at radius 3 is 2.53 bits per heavy atom. The van der Waals surface area contributed by atoms with Crippen molar-refractivity contribution in [1.82, 2.24) is 0 Å². The largest absolute Gasteiger partial charge is 1.00 e. The number of thioether (sulfide) groups is 1. The Morgan fingerprint density at radius 1 is 1.21 bits per heavy atom. The molecular formula is C26H33NaO6S. The van der Waals surface area contributed by atoms with Crippen LogP contribution >= 0.6 is 11.8 Å². The summed E-state index contributed by atoms with van der Waals surface area (Å²) in [5.41, 5.74) is 0.813. The first kappa shape index (κ1) is 30.5. The number of aliphatic hydroxyl groups is 1. The molecule has 0 aliphatic rings. The normalized spacial score (nSPS) is 12.0. The van der Waals surface area contributed by atoms with Crippen LogP contribution in [0.2, 0.25) is 0 Å². The maximum absolute atomic E-state index is 11.7. The van der Waals surface area contributed by atoms with Crippen molar-refractivity contribution in [2.24, 2.45) is 5.41 Å². The van der Waals surface area contributed by atoms with Crippen LogP contribution in [-0.4, -0.2) is 34.3 Å². The molecule has 2 rings (SSSR count).